The first kappa shape index (κ1) is 15.0. The Morgan fingerprint density at radius 2 is 1.95 bits per heavy atom. The molecular formula is C16H16F2N2O. The Morgan fingerprint density at radius 3 is 2.62 bits per heavy atom. The van der Waals surface area contributed by atoms with E-state index in [0.717, 1.165) is 0 Å². The van der Waals surface area contributed by atoms with Gasteiger partial charge in [-0.05, 0) is 49.2 Å². The number of hydrogen-bond acceptors (Lipinski definition) is 2. The minimum absolute atomic E-state index is 0.115. The van der Waals surface area contributed by atoms with Crippen molar-refractivity contribution in [2.45, 2.75) is 19.9 Å². The lowest BCUT2D eigenvalue weighted by Crippen LogP contribution is -2.27. The average molecular weight is 290 g/mol. The third-order valence-electron chi connectivity index (χ3n) is 3.22. The molecule has 2 rings (SSSR count). The maximum Gasteiger partial charge on any atom is 0.254 e. The molecule has 2 aromatic carbocycles. The van der Waals surface area contributed by atoms with Gasteiger partial charge in [0.1, 0.15) is 11.6 Å². The van der Waals surface area contributed by atoms with Gasteiger partial charge in [-0.2, -0.15) is 0 Å². The Hall–Kier alpha value is -2.43. The Labute approximate surface area is 121 Å². The second-order valence-electron chi connectivity index (χ2n) is 4.95. The summed E-state index contributed by atoms with van der Waals surface area (Å²) in [6.07, 6.45) is 0. The van der Waals surface area contributed by atoms with E-state index in [-0.39, 0.29) is 11.4 Å². The fourth-order valence-electron chi connectivity index (χ4n) is 2.10. The molecular weight excluding hydrogens is 274 g/mol. The van der Waals surface area contributed by atoms with E-state index < -0.39 is 17.8 Å². The molecule has 21 heavy (non-hydrogen) atoms. The van der Waals surface area contributed by atoms with Gasteiger partial charge in [0.2, 0.25) is 0 Å². The van der Waals surface area contributed by atoms with Crippen LogP contribution < -0.4 is 11.1 Å². The number of hydrogen-bond donors (Lipinski definition) is 2. The number of amides is 1. The molecule has 0 heterocycles. The second-order valence-corrected chi connectivity index (χ2v) is 4.95. The summed E-state index contributed by atoms with van der Waals surface area (Å²) in [6, 6.07) is 8.19. The summed E-state index contributed by atoms with van der Waals surface area (Å²) in [5.74, 6) is -1.58. The number of halogens is 2. The van der Waals surface area contributed by atoms with Gasteiger partial charge in [0.25, 0.3) is 5.91 Å². The fourth-order valence-corrected chi connectivity index (χ4v) is 2.10. The minimum atomic E-state index is -0.604. The summed E-state index contributed by atoms with van der Waals surface area (Å²) in [5, 5.41) is 2.63. The highest BCUT2D eigenvalue weighted by molar-refractivity contribution is 5.95. The van der Waals surface area contributed by atoms with Gasteiger partial charge in [0.05, 0.1) is 11.6 Å². The lowest BCUT2D eigenvalue weighted by Gasteiger charge is -2.15. The van der Waals surface area contributed by atoms with Crippen LogP contribution in [0.3, 0.4) is 0 Å². The highest BCUT2D eigenvalue weighted by atomic mass is 19.1. The van der Waals surface area contributed by atoms with Crippen molar-refractivity contribution in [1.29, 1.82) is 0 Å². The molecule has 0 aliphatic carbocycles. The maximum absolute atomic E-state index is 14.0. The van der Waals surface area contributed by atoms with E-state index in [0.29, 0.717) is 16.8 Å². The zero-order valence-corrected chi connectivity index (χ0v) is 11.8. The summed E-state index contributed by atoms with van der Waals surface area (Å²) < 4.78 is 27.1. The van der Waals surface area contributed by atoms with Gasteiger partial charge >= 0.3 is 0 Å². The number of aryl methyl sites for hydroxylation is 1. The van der Waals surface area contributed by atoms with Crippen LogP contribution >= 0.6 is 0 Å². The highest BCUT2D eigenvalue weighted by Crippen LogP contribution is 2.19. The van der Waals surface area contributed by atoms with Crippen LogP contribution in [-0.4, -0.2) is 5.91 Å². The van der Waals surface area contributed by atoms with Crippen LogP contribution in [0.15, 0.2) is 36.4 Å². The zero-order valence-electron chi connectivity index (χ0n) is 11.8. The largest absolute Gasteiger partial charge is 0.399 e. The number of rotatable bonds is 3. The molecule has 0 saturated carbocycles. The Balaban J connectivity index is 2.22. The Kier molecular flexibility index (Phi) is 4.21. The van der Waals surface area contributed by atoms with E-state index in [1.807, 2.05) is 0 Å². The van der Waals surface area contributed by atoms with Gasteiger partial charge < -0.3 is 11.1 Å². The van der Waals surface area contributed by atoms with E-state index in [1.165, 1.54) is 24.3 Å². The van der Waals surface area contributed by atoms with Crippen LogP contribution in [0.25, 0.3) is 0 Å². The summed E-state index contributed by atoms with van der Waals surface area (Å²) in [4.78, 5) is 12.1. The van der Waals surface area contributed by atoms with Gasteiger partial charge in [0, 0.05) is 5.69 Å². The van der Waals surface area contributed by atoms with E-state index in [2.05, 4.69) is 5.32 Å². The number of anilines is 1. The molecule has 1 unspecified atom stereocenters. The minimum Gasteiger partial charge on any atom is -0.399 e. The quantitative estimate of drug-likeness (QED) is 0.852. The smallest absolute Gasteiger partial charge is 0.254 e. The van der Waals surface area contributed by atoms with E-state index in [9.17, 15) is 13.6 Å². The zero-order chi connectivity index (χ0) is 15.6. The summed E-state index contributed by atoms with van der Waals surface area (Å²) in [7, 11) is 0. The van der Waals surface area contributed by atoms with Gasteiger partial charge in [-0.1, -0.05) is 12.1 Å². The van der Waals surface area contributed by atoms with Crippen molar-refractivity contribution in [3.8, 4) is 0 Å². The molecule has 0 aliphatic heterocycles. The van der Waals surface area contributed by atoms with Crippen LogP contribution in [0.2, 0.25) is 0 Å². The van der Waals surface area contributed by atoms with Crippen LogP contribution in [-0.2, 0) is 0 Å². The maximum atomic E-state index is 14.0. The Morgan fingerprint density at radius 1 is 1.24 bits per heavy atom. The molecule has 0 aliphatic rings. The number of nitrogen functional groups attached to an aromatic ring is 1. The van der Waals surface area contributed by atoms with Crippen molar-refractivity contribution in [2.75, 3.05) is 5.73 Å². The first-order valence-electron chi connectivity index (χ1n) is 6.50. The van der Waals surface area contributed by atoms with Crippen molar-refractivity contribution < 1.29 is 13.6 Å². The number of carbonyl (C=O) groups excluding carboxylic acids is 1. The summed E-state index contributed by atoms with van der Waals surface area (Å²) in [6.45, 7) is 3.24. The predicted octanol–water partition coefficient (Wildman–Crippen LogP) is 3.35. The first-order chi connectivity index (χ1) is 9.88. The molecule has 1 atom stereocenters. The monoisotopic (exact) mass is 290 g/mol. The van der Waals surface area contributed by atoms with Gasteiger partial charge in [-0.25, -0.2) is 8.78 Å². The van der Waals surface area contributed by atoms with Gasteiger partial charge in [-0.15, -0.1) is 0 Å². The molecule has 0 bridgehead atoms. The normalized spacial score (nSPS) is 12.0. The topological polar surface area (TPSA) is 55.1 Å². The molecule has 0 aromatic heterocycles. The predicted molar refractivity (Wildman–Crippen MR) is 77.8 cm³/mol. The van der Waals surface area contributed by atoms with Gasteiger partial charge in [0.15, 0.2) is 0 Å². The molecule has 1 amide bonds. The molecule has 3 nitrogen and oxygen atoms in total. The molecule has 0 spiro atoms. The molecule has 110 valence electrons. The van der Waals surface area contributed by atoms with Gasteiger partial charge in [-0.3, -0.25) is 4.79 Å². The lowest BCUT2D eigenvalue weighted by molar-refractivity contribution is 0.0935. The lowest BCUT2D eigenvalue weighted by atomic mass is 10.1. The number of carbonyl (C=O) groups is 1. The van der Waals surface area contributed by atoms with Crippen LogP contribution in [0.1, 0.15) is 34.5 Å². The van der Waals surface area contributed by atoms with Crippen molar-refractivity contribution in [2.24, 2.45) is 0 Å². The van der Waals surface area contributed by atoms with Crippen molar-refractivity contribution >= 4 is 11.6 Å². The molecule has 5 heteroatoms. The third kappa shape index (κ3) is 3.37. The second kappa shape index (κ2) is 5.91. The molecule has 0 fully saturated rings. The summed E-state index contributed by atoms with van der Waals surface area (Å²) >= 11 is 0. The molecule has 2 aromatic rings. The number of nitrogens with one attached hydrogen (secondary N) is 1. The van der Waals surface area contributed by atoms with Crippen LogP contribution in [0.4, 0.5) is 14.5 Å². The van der Waals surface area contributed by atoms with E-state index in [4.69, 9.17) is 5.73 Å². The molecule has 0 saturated heterocycles. The van der Waals surface area contributed by atoms with E-state index >= 15 is 0 Å². The fraction of sp³-hybridized carbons (Fsp3) is 0.188. The van der Waals surface area contributed by atoms with Crippen LogP contribution in [0.5, 0.6) is 0 Å². The third-order valence-corrected chi connectivity index (χ3v) is 3.22. The SMILES string of the molecule is Cc1cc(N)cc(C(=O)NC(C)c2cccc(F)c2)c1F. The number of benzene rings is 2. The van der Waals surface area contributed by atoms with Crippen molar-refractivity contribution in [3.63, 3.8) is 0 Å². The standard InChI is InChI=1S/C16H16F2N2O/c1-9-6-13(19)8-14(15(9)18)16(21)20-10(2)11-4-3-5-12(17)7-11/h3-8,10H,19H2,1-2H3,(H,20,21). The van der Waals surface area contributed by atoms with E-state index in [1.54, 1.807) is 26.0 Å². The summed E-state index contributed by atoms with van der Waals surface area (Å²) in [5.41, 5.74) is 6.74. The van der Waals surface area contributed by atoms with Crippen molar-refractivity contribution in [3.05, 3.63) is 64.7 Å². The van der Waals surface area contributed by atoms with Crippen LogP contribution in [0, 0.1) is 18.6 Å². The Bertz CT molecular complexity index is 686. The highest BCUT2D eigenvalue weighted by Gasteiger charge is 2.17. The average Bonchev–Trinajstić information content (AvgIpc) is 2.42. The molecule has 0 radical (unpaired) electrons. The van der Waals surface area contributed by atoms with Crippen molar-refractivity contribution in [1.82, 2.24) is 5.32 Å². The molecule has 3 N–H and O–H groups in total. The number of nitrogens with two attached hydrogens (primary N) is 1. The first-order valence-corrected chi connectivity index (χ1v) is 6.50.